The molecule has 0 saturated carbocycles. The molecule has 0 radical (unpaired) electrons. The monoisotopic (exact) mass is 533 g/mol. The van der Waals surface area contributed by atoms with Crippen molar-refractivity contribution in [1.29, 1.82) is 0 Å². The first-order chi connectivity index (χ1) is 18.4. The first-order valence-corrected chi connectivity index (χ1v) is 15.4. The van der Waals surface area contributed by atoms with Crippen molar-refractivity contribution in [2.45, 2.75) is 129 Å². The fourth-order valence-electron chi connectivity index (χ4n) is 5.34. The Labute approximate surface area is 230 Å². The zero-order valence-corrected chi connectivity index (χ0v) is 24.8. The van der Waals surface area contributed by atoms with Gasteiger partial charge < -0.3 is 14.6 Å². The summed E-state index contributed by atoms with van der Waals surface area (Å²) in [5, 5.41) is 10.6. The molecule has 1 unspecified atom stereocenters. The predicted octanol–water partition coefficient (Wildman–Crippen LogP) is 5.38. The van der Waals surface area contributed by atoms with E-state index in [4.69, 9.17) is 0 Å². The summed E-state index contributed by atoms with van der Waals surface area (Å²) in [6, 6.07) is 0. The Morgan fingerprint density at radius 2 is 1.37 bits per heavy atom. The van der Waals surface area contributed by atoms with Gasteiger partial charge in [0.05, 0.1) is 12.4 Å². The molecule has 8 nitrogen and oxygen atoms in total. The first-order valence-electron chi connectivity index (χ1n) is 15.4. The quantitative estimate of drug-likeness (QED) is 0.206. The highest BCUT2D eigenvalue weighted by atomic mass is 16.3. The van der Waals surface area contributed by atoms with E-state index >= 15 is 0 Å². The first kappa shape index (κ1) is 32.3. The largest absolute Gasteiger partial charge is 0.392 e. The Bertz CT molecular complexity index is 1010. The molecule has 0 saturated heterocycles. The van der Waals surface area contributed by atoms with Crippen LogP contribution in [-0.4, -0.2) is 54.4 Å². The zero-order valence-electron chi connectivity index (χ0n) is 24.8. The van der Waals surface area contributed by atoms with E-state index in [1.807, 2.05) is 0 Å². The number of imidazole rings is 1. The van der Waals surface area contributed by atoms with Crippen molar-refractivity contribution in [2.75, 3.05) is 19.6 Å². The summed E-state index contributed by atoms with van der Waals surface area (Å²) >= 11 is 0. The Morgan fingerprint density at radius 1 is 0.816 bits per heavy atom. The van der Waals surface area contributed by atoms with Gasteiger partial charge >= 0.3 is 5.69 Å². The molecule has 0 aromatic carbocycles. The van der Waals surface area contributed by atoms with Gasteiger partial charge in [0.2, 0.25) is 0 Å². The molecule has 2 rings (SSSR count). The Morgan fingerprint density at radius 3 is 1.97 bits per heavy atom. The van der Waals surface area contributed by atoms with E-state index in [0.29, 0.717) is 17.7 Å². The van der Waals surface area contributed by atoms with E-state index in [1.165, 1.54) is 66.9 Å². The second kappa shape index (κ2) is 18.4. The normalized spacial score (nSPS) is 12.7. The van der Waals surface area contributed by atoms with E-state index in [2.05, 4.69) is 23.7 Å². The molecule has 1 atom stereocenters. The molecule has 0 bridgehead atoms. The SMILES string of the molecule is CCCCCCN(CCCCCC)CC(O)CCCCCCCCCn1c(=O)c2c(ncn2C)n(C)c1=O. The number of aryl methyl sites for hydroxylation is 2. The molecule has 0 spiro atoms. The topological polar surface area (TPSA) is 85.3 Å². The van der Waals surface area contributed by atoms with Gasteiger partial charge in [-0.05, 0) is 38.8 Å². The third kappa shape index (κ3) is 10.7. The van der Waals surface area contributed by atoms with E-state index in [1.54, 1.807) is 25.0 Å². The molecule has 2 aromatic rings. The van der Waals surface area contributed by atoms with Crippen molar-refractivity contribution < 1.29 is 5.11 Å². The van der Waals surface area contributed by atoms with Gasteiger partial charge in [-0.2, -0.15) is 0 Å². The summed E-state index contributed by atoms with van der Waals surface area (Å²) in [7, 11) is 3.45. The summed E-state index contributed by atoms with van der Waals surface area (Å²) in [5.74, 6) is 0. The minimum Gasteiger partial charge on any atom is -0.392 e. The Balaban J connectivity index is 1.60. The number of nitrogens with zero attached hydrogens (tertiary/aromatic N) is 5. The van der Waals surface area contributed by atoms with Crippen molar-refractivity contribution in [3.8, 4) is 0 Å². The van der Waals surface area contributed by atoms with Crippen LogP contribution >= 0.6 is 0 Å². The molecule has 1 N–H and O–H groups in total. The third-order valence-corrected chi connectivity index (χ3v) is 7.74. The van der Waals surface area contributed by atoms with Gasteiger partial charge in [-0.15, -0.1) is 0 Å². The average Bonchev–Trinajstić information content (AvgIpc) is 3.29. The van der Waals surface area contributed by atoms with Crippen LogP contribution in [0.25, 0.3) is 11.2 Å². The van der Waals surface area contributed by atoms with Crippen molar-refractivity contribution >= 4 is 11.2 Å². The number of unbranched alkanes of at least 4 members (excludes halogenated alkanes) is 12. The number of aliphatic hydroxyl groups excluding tert-OH is 1. The summed E-state index contributed by atoms with van der Waals surface area (Å²) < 4.78 is 4.49. The minimum atomic E-state index is -0.291. The Hall–Kier alpha value is -1.93. The molecule has 0 aliphatic carbocycles. The number of aromatic nitrogens is 4. The lowest BCUT2D eigenvalue weighted by molar-refractivity contribution is 0.100. The van der Waals surface area contributed by atoms with Crippen LogP contribution in [0.2, 0.25) is 0 Å². The van der Waals surface area contributed by atoms with Crippen LogP contribution in [-0.2, 0) is 20.6 Å². The summed E-state index contributed by atoms with van der Waals surface area (Å²) in [5.41, 5.74) is 0.378. The molecule has 218 valence electrons. The smallest absolute Gasteiger partial charge is 0.332 e. The fraction of sp³-hybridized carbons (Fsp3) is 0.833. The highest BCUT2D eigenvalue weighted by Gasteiger charge is 2.14. The molecule has 8 heteroatoms. The lowest BCUT2D eigenvalue weighted by atomic mass is 10.1. The van der Waals surface area contributed by atoms with Crippen LogP contribution in [0.5, 0.6) is 0 Å². The maximum absolute atomic E-state index is 12.8. The summed E-state index contributed by atoms with van der Waals surface area (Å²) in [4.78, 5) is 32.0. The van der Waals surface area contributed by atoms with Gasteiger partial charge in [0.1, 0.15) is 0 Å². The number of hydrogen-bond acceptors (Lipinski definition) is 5. The van der Waals surface area contributed by atoms with E-state index in [-0.39, 0.29) is 17.4 Å². The molecular formula is C30H55N5O3. The number of fused-ring (bicyclic) bond motifs is 1. The maximum atomic E-state index is 12.8. The minimum absolute atomic E-state index is 0.218. The maximum Gasteiger partial charge on any atom is 0.332 e. The molecular weight excluding hydrogens is 478 g/mol. The van der Waals surface area contributed by atoms with Crippen molar-refractivity contribution in [2.24, 2.45) is 14.1 Å². The van der Waals surface area contributed by atoms with Gasteiger partial charge in [-0.25, -0.2) is 9.78 Å². The van der Waals surface area contributed by atoms with Gasteiger partial charge in [-0.1, -0.05) is 90.9 Å². The van der Waals surface area contributed by atoms with Gasteiger partial charge in [0.15, 0.2) is 11.2 Å². The van der Waals surface area contributed by atoms with Crippen LogP contribution in [0.1, 0.15) is 117 Å². The summed E-state index contributed by atoms with van der Waals surface area (Å²) in [6.07, 6.45) is 20.0. The van der Waals surface area contributed by atoms with Crippen molar-refractivity contribution in [3.63, 3.8) is 0 Å². The number of aliphatic hydroxyl groups is 1. The second-order valence-electron chi connectivity index (χ2n) is 11.2. The van der Waals surface area contributed by atoms with E-state index in [0.717, 1.165) is 64.6 Å². The molecule has 0 fully saturated rings. The van der Waals surface area contributed by atoms with Gasteiger partial charge in [0, 0.05) is 27.2 Å². The van der Waals surface area contributed by atoms with E-state index in [9.17, 15) is 14.7 Å². The molecule has 0 aliphatic rings. The number of hydrogen-bond donors (Lipinski definition) is 1. The molecule has 38 heavy (non-hydrogen) atoms. The Kier molecular flexibility index (Phi) is 15.6. The van der Waals surface area contributed by atoms with Crippen molar-refractivity contribution in [1.82, 2.24) is 23.6 Å². The highest BCUT2D eigenvalue weighted by molar-refractivity contribution is 5.69. The van der Waals surface area contributed by atoms with E-state index < -0.39 is 0 Å². The van der Waals surface area contributed by atoms with Gasteiger partial charge in [-0.3, -0.25) is 13.9 Å². The zero-order chi connectivity index (χ0) is 27.8. The second-order valence-corrected chi connectivity index (χ2v) is 11.2. The van der Waals surface area contributed by atoms with Crippen LogP contribution in [0.4, 0.5) is 0 Å². The van der Waals surface area contributed by atoms with Crippen LogP contribution in [0.15, 0.2) is 15.9 Å². The lowest BCUT2D eigenvalue weighted by Crippen LogP contribution is -2.39. The molecule has 2 heterocycles. The lowest BCUT2D eigenvalue weighted by Gasteiger charge is -2.25. The van der Waals surface area contributed by atoms with Crippen molar-refractivity contribution in [3.05, 3.63) is 27.2 Å². The molecule has 2 aromatic heterocycles. The van der Waals surface area contributed by atoms with Crippen LogP contribution in [0.3, 0.4) is 0 Å². The van der Waals surface area contributed by atoms with Crippen LogP contribution < -0.4 is 11.2 Å². The average molecular weight is 534 g/mol. The van der Waals surface area contributed by atoms with Crippen LogP contribution in [0, 0.1) is 0 Å². The highest BCUT2D eigenvalue weighted by Crippen LogP contribution is 2.13. The summed E-state index contributed by atoms with van der Waals surface area (Å²) in [6.45, 7) is 8.02. The third-order valence-electron chi connectivity index (χ3n) is 7.74. The molecule has 0 amide bonds. The molecule has 0 aliphatic heterocycles. The fourth-order valence-corrected chi connectivity index (χ4v) is 5.34. The number of rotatable bonds is 22. The predicted molar refractivity (Wildman–Crippen MR) is 158 cm³/mol. The standard InChI is InChI=1S/C30H55N5O3/c1-5-7-9-17-21-34(22-18-10-8-6-2)24-26(36)20-16-14-12-11-13-15-19-23-35-29(37)27-28(31-25-32(27)3)33(4)30(35)38/h25-26,36H,5-24H2,1-4H3. The van der Waals surface area contributed by atoms with Gasteiger partial charge in [0.25, 0.3) is 5.56 Å².